The Balaban J connectivity index is 4.44. The fraction of sp³-hybridized carbons (Fsp3) is 1.00. The van der Waals surface area contributed by atoms with Crippen LogP contribution in [0.2, 0.25) is 0 Å². The van der Waals surface area contributed by atoms with Crippen molar-refractivity contribution in [1.82, 2.24) is 4.90 Å². The van der Waals surface area contributed by atoms with Crippen molar-refractivity contribution in [3.8, 4) is 0 Å². The second-order valence-electron chi connectivity index (χ2n) is 4.18. The molecular weight excluding hydrogens is 192 g/mol. The summed E-state index contributed by atoms with van der Waals surface area (Å²) in [5.74, 6) is 1.20. The summed E-state index contributed by atoms with van der Waals surface area (Å²) in [4.78, 5) is 2.46. The molecule has 14 heavy (non-hydrogen) atoms. The number of rotatable bonds is 7. The molecule has 0 bridgehead atoms. The Morgan fingerprint density at radius 3 is 2.29 bits per heavy atom. The maximum atomic E-state index is 5.86. The zero-order valence-corrected chi connectivity index (χ0v) is 11.2. The normalized spacial score (nSPS) is 18.2. The van der Waals surface area contributed by atoms with Crippen LogP contribution in [-0.4, -0.2) is 42.1 Å². The largest absolute Gasteiger partial charge is 0.329 e. The zero-order chi connectivity index (χ0) is 11.2. The SMILES string of the molecule is CCC(CSC)N(C)C(C)(CC)CN. The second kappa shape index (κ2) is 6.70. The van der Waals surface area contributed by atoms with Crippen molar-refractivity contribution < 1.29 is 0 Å². The molecule has 0 aromatic rings. The van der Waals surface area contributed by atoms with Gasteiger partial charge in [0.2, 0.25) is 0 Å². The van der Waals surface area contributed by atoms with Crippen LogP contribution in [0, 0.1) is 0 Å². The van der Waals surface area contributed by atoms with Crippen LogP contribution in [0.4, 0.5) is 0 Å². The molecule has 0 radical (unpaired) electrons. The predicted octanol–water partition coefficient (Wildman–Crippen LogP) is 2.19. The first kappa shape index (κ1) is 14.3. The van der Waals surface area contributed by atoms with Crippen LogP contribution in [0.5, 0.6) is 0 Å². The Morgan fingerprint density at radius 2 is 2.00 bits per heavy atom. The van der Waals surface area contributed by atoms with Gasteiger partial charge in [0.25, 0.3) is 0 Å². The molecule has 3 heteroatoms. The van der Waals surface area contributed by atoms with Gasteiger partial charge in [-0.05, 0) is 33.1 Å². The maximum absolute atomic E-state index is 5.86. The van der Waals surface area contributed by atoms with Gasteiger partial charge in [0.05, 0.1) is 0 Å². The molecule has 0 aromatic heterocycles. The lowest BCUT2D eigenvalue weighted by atomic mass is 9.95. The third-order valence-electron chi connectivity index (χ3n) is 3.43. The fourth-order valence-corrected chi connectivity index (χ4v) is 2.52. The average molecular weight is 218 g/mol. The number of hydrogen-bond acceptors (Lipinski definition) is 3. The van der Waals surface area contributed by atoms with Gasteiger partial charge in [-0.25, -0.2) is 0 Å². The third kappa shape index (κ3) is 3.44. The number of nitrogens with zero attached hydrogens (tertiary/aromatic N) is 1. The molecule has 0 fully saturated rings. The van der Waals surface area contributed by atoms with E-state index in [1.54, 1.807) is 0 Å². The summed E-state index contributed by atoms with van der Waals surface area (Å²) in [6.07, 6.45) is 4.49. The van der Waals surface area contributed by atoms with E-state index >= 15 is 0 Å². The predicted molar refractivity (Wildman–Crippen MR) is 68.0 cm³/mol. The molecule has 0 aromatic carbocycles. The smallest absolute Gasteiger partial charge is 0.0301 e. The van der Waals surface area contributed by atoms with Crippen LogP contribution in [-0.2, 0) is 0 Å². The molecule has 0 saturated heterocycles. The number of thioether (sulfide) groups is 1. The quantitative estimate of drug-likeness (QED) is 0.710. The average Bonchev–Trinajstić information content (AvgIpc) is 2.23. The van der Waals surface area contributed by atoms with Gasteiger partial charge in [-0.3, -0.25) is 4.90 Å². The highest BCUT2D eigenvalue weighted by molar-refractivity contribution is 7.98. The molecule has 2 unspecified atom stereocenters. The van der Waals surface area contributed by atoms with Gasteiger partial charge >= 0.3 is 0 Å². The highest BCUT2D eigenvalue weighted by Crippen LogP contribution is 2.21. The third-order valence-corrected chi connectivity index (χ3v) is 4.15. The minimum atomic E-state index is 0.163. The number of nitrogens with two attached hydrogens (primary N) is 1. The number of likely N-dealkylation sites (N-methyl/N-ethyl adjacent to an activating group) is 1. The van der Waals surface area contributed by atoms with E-state index in [9.17, 15) is 0 Å². The molecule has 2 N–H and O–H groups in total. The minimum absolute atomic E-state index is 0.163. The topological polar surface area (TPSA) is 29.3 Å². The lowest BCUT2D eigenvalue weighted by molar-refractivity contribution is 0.0966. The molecule has 0 aliphatic carbocycles. The Bertz CT molecular complexity index is 146. The van der Waals surface area contributed by atoms with Crippen LogP contribution in [0.15, 0.2) is 0 Å². The van der Waals surface area contributed by atoms with Crippen LogP contribution in [0.1, 0.15) is 33.6 Å². The van der Waals surface area contributed by atoms with E-state index < -0.39 is 0 Å². The van der Waals surface area contributed by atoms with Crippen molar-refractivity contribution in [3.05, 3.63) is 0 Å². The van der Waals surface area contributed by atoms with Gasteiger partial charge in [-0.2, -0.15) is 11.8 Å². The van der Waals surface area contributed by atoms with Crippen molar-refractivity contribution >= 4 is 11.8 Å². The molecule has 2 atom stereocenters. The van der Waals surface area contributed by atoms with Gasteiger partial charge in [0.15, 0.2) is 0 Å². The molecular formula is C11H26N2S. The van der Waals surface area contributed by atoms with Crippen molar-refractivity contribution in [1.29, 1.82) is 0 Å². The van der Waals surface area contributed by atoms with Crippen LogP contribution in [0.3, 0.4) is 0 Å². The van der Waals surface area contributed by atoms with E-state index in [1.807, 2.05) is 11.8 Å². The van der Waals surface area contributed by atoms with Gasteiger partial charge < -0.3 is 5.73 Å². The highest BCUT2D eigenvalue weighted by Gasteiger charge is 2.29. The summed E-state index contributed by atoms with van der Waals surface area (Å²) in [5.41, 5.74) is 6.02. The first-order valence-corrected chi connectivity index (χ1v) is 6.87. The molecule has 2 nitrogen and oxygen atoms in total. The monoisotopic (exact) mass is 218 g/mol. The van der Waals surface area contributed by atoms with Crippen molar-refractivity contribution in [3.63, 3.8) is 0 Å². The van der Waals surface area contributed by atoms with Crippen LogP contribution in [0.25, 0.3) is 0 Å². The standard InChI is InChI=1S/C11H26N2S/c1-6-10(8-14-5)13(4)11(3,7-2)9-12/h10H,6-9,12H2,1-5H3. The van der Waals surface area contributed by atoms with Gasteiger partial charge in [-0.1, -0.05) is 13.8 Å². The van der Waals surface area contributed by atoms with E-state index in [4.69, 9.17) is 5.73 Å². The molecule has 0 aliphatic heterocycles. The lowest BCUT2D eigenvalue weighted by Gasteiger charge is -2.42. The first-order valence-electron chi connectivity index (χ1n) is 5.47. The van der Waals surface area contributed by atoms with Crippen molar-refractivity contribution in [2.75, 3.05) is 25.6 Å². The summed E-state index contributed by atoms with van der Waals surface area (Å²) < 4.78 is 0. The summed E-state index contributed by atoms with van der Waals surface area (Å²) in [6, 6.07) is 0.651. The first-order chi connectivity index (χ1) is 6.55. The zero-order valence-electron chi connectivity index (χ0n) is 10.3. The van der Waals surface area contributed by atoms with Gasteiger partial charge in [0.1, 0.15) is 0 Å². The Hall–Kier alpha value is 0.270. The Morgan fingerprint density at radius 1 is 1.43 bits per heavy atom. The molecule has 0 saturated carbocycles. The Kier molecular flexibility index (Phi) is 6.83. The molecule has 0 spiro atoms. The molecule has 0 amide bonds. The summed E-state index contributed by atoms with van der Waals surface area (Å²) in [5, 5.41) is 0. The summed E-state index contributed by atoms with van der Waals surface area (Å²) in [6.45, 7) is 7.47. The molecule has 86 valence electrons. The molecule has 0 aliphatic rings. The maximum Gasteiger partial charge on any atom is 0.0301 e. The van der Waals surface area contributed by atoms with Crippen molar-refractivity contribution in [2.24, 2.45) is 5.73 Å². The van der Waals surface area contributed by atoms with Gasteiger partial charge in [0, 0.05) is 23.9 Å². The van der Waals surface area contributed by atoms with Gasteiger partial charge in [-0.15, -0.1) is 0 Å². The van der Waals surface area contributed by atoms with E-state index in [-0.39, 0.29) is 5.54 Å². The van der Waals surface area contributed by atoms with Crippen LogP contribution >= 0.6 is 11.8 Å². The fourth-order valence-electron chi connectivity index (χ4n) is 1.67. The van der Waals surface area contributed by atoms with E-state index in [0.29, 0.717) is 6.04 Å². The van der Waals surface area contributed by atoms with E-state index in [2.05, 4.69) is 39.0 Å². The molecule has 0 rings (SSSR count). The summed E-state index contributed by atoms with van der Waals surface area (Å²) >= 11 is 1.92. The summed E-state index contributed by atoms with van der Waals surface area (Å²) in [7, 11) is 2.21. The van der Waals surface area contributed by atoms with E-state index in [1.165, 1.54) is 12.2 Å². The minimum Gasteiger partial charge on any atom is -0.329 e. The highest BCUT2D eigenvalue weighted by atomic mass is 32.2. The second-order valence-corrected chi connectivity index (χ2v) is 5.09. The van der Waals surface area contributed by atoms with E-state index in [0.717, 1.165) is 13.0 Å². The van der Waals surface area contributed by atoms with Crippen molar-refractivity contribution in [2.45, 2.75) is 45.2 Å². The van der Waals surface area contributed by atoms with Crippen LogP contribution < -0.4 is 5.73 Å². The lowest BCUT2D eigenvalue weighted by Crippen LogP contribution is -2.54. The number of hydrogen-bond donors (Lipinski definition) is 1. The molecule has 0 heterocycles. The Labute approximate surface area is 93.6 Å².